The van der Waals surface area contributed by atoms with Gasteiger partial charge in [0, 0.05) is 13.1 Å². The summed E-state index contributed by atoms with van der Waals surface area (Å²) in [5.74, 6) is -0.301. The number of likely N-dealkylation sites (tertiary alicyclic amines) is 1. The molecule has 0 spiro atoms. The molecule has 0 radical (unpaired) electrons. The van der Waals surface area contributed by atoms with Gasteiger partial charge in [-0.1, -0.05) is 36.9 Å². The Morgan fingerprint density at radius 3 is 2.84 bits per heavy atom. The SMILES string of the molecule is C=CC(=O)NC1CCCN(Cc2ccccc2)C1=O. The van der Waals surface area contributed by atoms with Crippen LogP contribution >= 0.6 is 0 Å². The Balaban J connectivity index is 2.00. The molecule has 1 atom stereocenters. The lowest BCUT2D eigenvalue weighted by molar-refractivity contribution is -0.138. The Labute approximate surface area is 113 Å². The highest BCUT2D eigenvalue weighted by atomic mass is 16.2. The number of carbonyl (C=O) groups excluding carboxylic acids is 2. The number of carbonyl (C=O) groups is 2. The van der Waals surface area contributed by atoms with Crippen LogP contribution in [0.1, 0.15) is 18.4 Å². The highest BCUT2D eigenvalue weighted by Gasteiger charge is 2.29. The van der Waals surface area contributed by atoms with Crippen LogP contribution in [0, 0.1) is 0 Å². The molecule has 1 aromatic rings. The number of benzene rings is 1. The van der Waals surface area contributed by atoms with Gasteiger partial charge in [-0.15, -0.1) is 0 Å². The molecule has 19 heavy (non-hydrogen) atoms. The summed E-state index contributed by atoms with van der Waals surface area (Å²) in [5.41, 5.74) is 1.10. The van der Waals surface area contributed by atoms with E-state index in [0.29, 0.717) is 13.0 Å². The van der Waals surface area contributed by atoms with Crippen LogP contribution in [0.25, 0.3) is 0 Å². The van der Waals surface area contributed by atoms with Gasteiger partial charge in [0.2, 0.25) is 11.8 Å². The average Bonchev–Trinajstić information content (AvgIpc) is 2.44. The highest BCUT2D eigenvalue weighted by molar-refractivity contribution is 5.92. The molecule has 0 aliphatic carbocycles. The summed E-state index contributed by atoms with van der Waals surface area (Å²) < 4.78 is 0. The van der Waals surface area contributed by atoms with Crippen molar-refractivity contribution in [1.82, 2.24) is 10.2 Å². The first-order valence-corrected chi connectivity index (χ1v) is 6.46. The van der Waals surface area contributed by atoms with E-state index in [9.17, 15) is 9.59 Å². The Hall–Kier alpha value is -2.10. The molecule has 1 N–H and O–H groups in total. The molecule has 1 aliphatic rings. The Bertz CT molecular complexity index is 470. The molecule has 2 rings (SSSR count). The Kier molecular flexibility index (Phi) is 4.34. The molecule has 2 amide bonds. The van der Waals surface area contributed by atoms with Crippen molar-refractivity contribution in [1.29, 1.82) is 0 Å². The third-order valence-electron chi connectivity index (χ3n) is 3.25. The van der Waals surface area contributed by atoms with Crippen molar-refractivity contribution < 1.29 is 9.59 Å². The van der Waals surface area contributed by atoms with Gasteiger partial charge >= 0.3 is 0 Å². The fraction of sp³-hybridized carbons (Fsp3) is 0.333. The van der Waals surface area contributed by atoms with Gasteiger partial charge in [-0.2, -0.15) is 0 Å². The highest BCUT2D eigenvalue weighted by Crippen LogP contribution is 2.15. The Morgan fingerprint density at radius 1 is 1.42 bits per heavy atom. The molecule has 1 aliphatic heterocycles. The molecule has 4 heteroatoms. The van der Waals surface area contributed by atoms with E-state index in [-0.39, 0.29) is 11.8 Å². The van der Waals surface area contributed by atoms with Gasteiger partial charge < -0.3 is 10.2 Å². The van der Waals surface area contributed by atoms with Crippen LogP contribution in [0.5, 0.6) is 0 Å². The summed E-state index contributed by atoms with van der Waals surface area (Å²) >= 11 is 0. The molecule has 0 saturated carbocycles. The number of amides is 2. The lowest BCUT2D eigenvalue weighted by Gasteiger charge is -2.32. The zero-order valence-corrected chi connectivity index (χ0v) is 10.8. The number of hydrogen-bond donors (Lipinski definition) is 1. The first-order valence-electron chi connectivity index (χ1n) is 6.46. The number of nitrogens with zero attached hydrogens (tertiary/aromatic N) is 1. The quantitative estimate of drug-likeness (QED) is 0.832. The minimum absolute atomic E-state index is 0.00898. The molecule has 1 unspecified atom stereocenters. The molecule has 1 heterocycles. The maximum absolute atomic E-state index is 12.3. The van der Waals surface area contributed by atoms with E-state index in [1.807, 2.05) is 30.3 Å². The summed E-state index contributed by atoms with van der Waals surface area (Å²) in [6, 6.07) is 9.46. The fourth-order valence-electron chi connectivity index (χ4n) is 2.27. The third kappa shape index (κ3) is 3.44. The standard InChI is InChI=1S/C15H18N2O2/c1-2-14(18)16-13-9-6-10-17(15(13)19)11-12-7-4-3-5-8-12/h2-5,7-8,13H,1,6,9-11H2,(H,16,18). The molecule has 1 saturated heterocycles. The van der Waals surface area contributed by atoms with E-state index in [2.05, 4.69) is 11.9 Å². The molecule has 100 valence electrons. The van der Waals surface area contributed by atoms with Gasteiger partial charge in [-0.25, -0.2) is 0 Å². The van der Waals surface area contributed by atoms with Crippen molar-refractivity contribution in [3.8, 4) is 0 Å². The summed E-state index contributed by atoms with van der Waals surface area (Å²) in [7, 11) is 0. The van der Waals surface area contributed by atoms with Crippen molar-refractivity contribution >= 4 is 11.8 Å². The van der Waals surface area contributed by atoms with Crippen molar-refractivity contribution in [2.75, 3.05) is 6.54 Å². The molecule has 4 nitrogen and oxygen atoms in total. The first kappa shape index (κ1) is 13.3. The molecular weight excluding hydrogens is 240 g/mol. The smallest absolute Gasteiger partial charge is 0.245 e. The van der Waals surface area contributed by atoms with Crippen LogP contribution in [-0.2, 0) is 16.1 Å². The second-order valence-corrected chi connectivity index (χ2v) is 4.65. The number of hydrogen-bond acceptors (Lipinski definition) is 2. The van der Waals surface area contributed by atoms with Crippen LogP contribution in [0.15, 0.2) is 43.0 Å². The van der Waals surface area contributed by atoms with Crippen LogP contribution in [0.4, 0.5) is 0 Å². The van der Waals surface area contributed by atoms with E-state index in [1.165, 1.54) is 6.08 Å². The van der Waals surface area contributed by atoms with Crippen molar-refractivity contribution in [3.05, 3.63) is 48.6 Å². The maximum Gasteiger partial charge on any atom is 0.245 e. The number of rotatable bonds is 4. The predicted molar refractivity (Wildman–Crippen MR) is 73.2 cm³/mol. The summed E-state index contributed by atoms with van der Waals surface area (Å²) in [5, 5.41) is 2.69. The van der Waals surface area contributed by atoms with Crippen LogP contribution in [0.2, 0.25) is 0 Å². The topological polar surface area (TPSA) is 49.4 Å². The first-order chi connectivity index (χ1) is 9.20. The molecule has 0 aromatic heterocycles. The molecule has 1 fully saturated rings. The van der Waals surface area contributed by atoms with Crippen molar-refractivity contribution in [3.63, 3.8) is 0 Å². The normalized spacial score (nSPS) is 19.1. The number of nitrogens with one attached hydrogen (secondary N) is 1. The van der Waals surface area contributed by atoms with Gasteiger partial charge in [0.25, 0.3) is 0 Å². The van der Waals surface area contributed by atoms with E-state index in [0.717, 1.165) is 18.5 Å². The second-order valence-electron chi connectivity index (χ2n) is 4.65. The fourth-order valence-corrected chi connectivity index (χ4v) is 2.27. The monoisotopic (exact) mass is 258 g/mol. The van der Waals surface area contributed by atoms with Crippen molar-refractivity contribution in [2.24, 2.45) is 0 Å². The second kappa shape index (κ2) is 6.18. The van der Waals surface area contributed by atoms with Gasteiger partial charge in [-0.05, 0) is 24.5 Å². The summed E-state index contributed by atoms with van der Waals surface area (Å²) in [6.07, 6.45) is 2.80. The summed E-state index contributed by atoms with van der Waals surface area (Å²) in [4.78, 5) is 25.3. The van der Waals surface area contributed by atoms with Crippen LogP contribution < -0.4 is 5.32 Å². The predicted octanol–water partition coefficient (Wildman–Crippen LogP) is 1.48. The lowest BCUT2D eigenvalue weighted by Crippen LogP contribution is -2.51. The zero-order chi connectivity index (χ0) is 13.7. The van der Waals surface area contributed by atoms with Gasteiger partial charge in [-0.3, -0.25) is 9.59 Å². The lowest BCUT2D eigenvalue weighted by atomic mass is 10.0. The van der Waals surface area contributed by atoms with E-state index in [1.54, 1.807) is 4.90 Å². The summed E-state index contributed by atoms with van der Waals surface area (Å²) in [6.45, 7) is 4.74. The van der Waals surface area contributed by atoms with Crippen molar-refractivity contribution in [2.45, 2.75) is 25.4 Å². The van der Waals surface area contributed by atoms with E-state index in [4.69, 9.17) is 0 Å². The molecular formula is C15H18N2O2. The van der Waals surface area contributed by atoms with Gasteiger partial charge in [0.15, 0.2) is 0 Å². The van der Waals surface area contributed by atoms with E-state index < -0.39 is 6.04 Å². The molecule has 1 aromatic carbocycles. The number of piperidine rings is 1. The van der Waals surface area contributed by atoms with Crippen LogP contribution in [0.3, 0.4) is 0 Å². The third-order valence-corrected chi connectivity index (χ3v) is 3.25. The minimum Gasteiger partial charge on any atom is -0.341 e. The van der Waals surface area contributed by atoms with Crippen LogP contribution in [-0.4, -0.2) is 29.3 Å². The average molecular weight is 258 g/mol. The minimum atomic E-state index is -0.414. The molecule has 0 bridgehead atoms. The largest absolute Gasteiger partial charge is 0.341 e. The van der Waals surface area contributed by atoms with Gasteiger partial charge in [0.05, 0.1) is 0 Å². The maximum atomic E-state index is 12.3. The zero-order valence-electron chi connectivity index (χ0n) is 10.8. The Morgan fingerprint density at radius 2 is 2.16 bits per heavy atom. The van der Waals surface area contributed by atoms with Gasteiger partial charge in [0.1, 0.15) is 6.04 Å². The van der Waals surface area contributed by atoms with E-state index >= 15 is 0 Å².